The highest BCUT2D eigenvalue weighted by Crippen LogP contribution is 2.13. The second-order valence-electron chi connectivity index (χ2n) is 4.68. The first-order valence-electron chi connectivity index (χ1n) is 5.13. The van der Waals surface area contributed by atoms with Gasteiger partial charge in [-0.15, -0.1) is 0 Å². The van der Waals surface area contributed by atoms with Gasteiger partial charge in [0.15, 0.2) is 0 Å². The van der Waals surface area contributed by atoms with Crippen molar-refractivity contribution in [3.05, 3.63) is 11.8 Å². The average Bonchev–Trinajstić information content (AvgIpc) is 2.44. The maximum absolute atomic E-state index is 11.6. The van der Waals surface area contributed by atoms with Gasteiger partial charge in [-0.2, -0.15) is 5.10 Å². The third-order valence-corrected chi connectivity index (χ3v) is 1.95. The van der Waals surface area contributed by atoms with Crippen LogP contribution >= 0.6 is 0 Å². The van der Waals surface area contributed by atoms with Gasteiger partial charge in [0, 0.05) is 24.7 Å². The number of nitrogens with one attached hydrogen (secondary N) is 2. The van der Waals surface area contributed by atoms with E-state index in [-0.39, 0.29) is 11.6 Å². The second kappa shape index (κ2) is 4.52. The molecule has 6 nitrogen and oxygen atoms in total. The van der Waals surface area contributed by atoms with Crippen LogP contribution in [0.2, 0.25) is 0 Å². The molecule has 0 saturated carbocycles. The van der Waals surface area contributed by atoms with Gasteiger partial charge in [-0.25, -0.2) is 4.79 Å². The molecule has 0 atom stereocenters. The molecule has 0 unspecified atom stereocenters. The van der Waals surface area contributed by atoms with Crippen LogP contribution in [0.5, 0.6) is 0 Å². The van der Waals surface area contributed by atoms with Gasteiger partial charge in [-0.1, -0.05) is 0 Å². The number of carbonyl (C=O) groups excluding carboxylic acids is 1. The number of aryl methyl sites for hydroxylation is 1. The van der Waals surface area contributed by atoms with Crippen molar-refractivity contribution < 1.29 is 4.79 Å². The monoisotopic (exact) mass is 225 g/mol. The average molecular weight is 225 g/mol. The maximum Gasteiger partial charge on any atom is 0.320 e. The van der Waals surface area contributed by atoms with Gasteiger partial charge in [0.2, 0.25) is 0 Å². The molecule has 4 N–H and O–H groups in total. The van der Waals surface area contributed by atoms with Crippen LogP contribution in [-0.4, -0.2) is 21.4 Å². The van der Waals surface area contributed by atoms with Gasteiger partial charge in [0.25, 0.3) is 0 Å². The van der Waals surface area contributed by atoms with Crippen LogP contribution in [0.15, 0.2) is 6.20 Å². The van der Waals surface area contributed by atoms with E-state index in [1.54, 1.807) is 17.9 Å². The van der Waals surface area contributed by atoms with Gasteiger partial charge in [0.05, 0.1) is 6.20 Å². The molecule has 0 saturated heterocycles. The van der Waals surface area contributed by atoms with E-state index in [0.717, 1.165) is 5.56 Å². The number of nitrogens with zero attached hydrogens (tertiary/aromatic N) is 2. The lowest BCUT2D eigenvalue weighted by molar-refractivity contribution is 0.243. The third kappa shape index (κ3) is 3.23. The van der Waals surface area contributed by atoms with Crippen LogP contribution in [0.4, 0.5) is 10.6 Å². The topological polar surface area (TPSA) is 85.0 Å². The van der Waals surface area contributed by atoms with Crippen molar-refractivity contribution in [2.45, 2.75) is 32.9 Å². The molecular formula is C10H19N5O. The molecule has 0 aliphatic carbocycles. The summed E-state index contributed by atoms with van der Waals surface area (Å²) in [7, 11) is 1.76. The Bertz CT molecular complexity index is 377. The Morgan fingerprint density at radius 2 is 2.19 bits per heavy atom. The van der Waals surface area contributed by atoms with Crippen molar-refractivity contribution in [1.29, 1.82) is 0 Å². The Labute approximate surface area is 95.2 Å². The number of aromatic nitrogens is 2. The van der Waals surface area contributed by atoms with E-state index in [1.807, 2.05) is 20.8 Å². The fraction of sp³-hybridized carbons (Fsp3) is 0.600. The first kappa shape index (κ1) is 12.5. The predicted molar refractivity (Wildman–Crippen MR) is 63.0 cm³/mol. The minimum atomic E-state index is -0.272. The zero-order valence-electron chi connectivity index (χ0n) is 10.2. The number of anilines is 1. The Morgan fingerprint density at radius 3 is 2.69 bits per heavy atom. The lowest BCUT2D eigenvalue weighted by Crippen LogP contribution is -2.43. The number of hydrogen-bond acceptors (Lipinski definition) is 3. The molecule has 0 spiro atoms. The van der Waals surface area contributed by atoms with Gasteiger partial charge in [-0.05, 0) is 20.8 Å². The summed E-state index contributed by atoms with van der Waals surface area (Å²) in [4.78, 5) is 11.6. The third-order valence-electron chi connectivity index (χ3n) is 1.95. The molecule has 0 aromatic carbocycles. The van der Waals surface area contributed by atoms with Gasteiger partial charge >= 0.3 is 6.03 Å². The summed E-state index contributed by atoms with van der Waals surface area (Å²) in [5.41, 5.74) is 6.08. The highest BCUT2D eigenvalue weighted by Gasteiger charge is 2.16. The summed E-state index contributed by atoms with van der Waals surface area (Å²) >= 11 is 0. The molecule has 0 fully saturated rings. The van der Waals surface area contributed by atoms with Gasteiger partial charge in [0.1, 0.15) is 5.82 Å². The van der Waals surface area contributed by atoms with Crippen molar-refractivity contribution >= 4 is 11.8 Å². The quantitative estimate of drug-likeness (QED) is 0.696. The Hall–Kier alpha value is -1.56. The van der Waals surface area contributed by atoms with Crippen LogP contribution in [-0.2, 0) is 13.6 Å². The van der Waals surface area contributed by atoms with E-state index >= 15 is 0 Å². The van der Waals surface area contributed by atoms with Crippen LogP contribution in [0.25, 0.3) is 0 Å². The molecular weight excluding hydrogens is 206 g/mol. The minimum absolute atomic E-state index is 0.259. The Balaban J connectivity index is 2.73. The molecule has 0 aliphatic heterocycles. The fourth-order valence-corrected chi connectivity index (χ4v) is 1.27. The van der Waals surface area contributed by atoms with Crippen LogP contribution < -0.4 is 16.4 Å². The van der Waals surface area contributed by atoms with Crippen molar-refractivity contribution in [2.75, 3.05) is 5.32 Å². The first-order valence-corrected chi connectivity index (χ1v) is 5.13. The lowest BCUT2D eigenvalue weighted by Gasteiger charge is -2.21. The minimum Gasteiger partial charge on any atom is -0.333 e. The summed E-state index contributed by atoms with van der Waals surface area (Å²) < 4.78 is 1.59. The van der Waals surface area contributed by atoms with Gasteiger partial charge in [-0.3, -0.25) is 10.00 Å². The summed E-state index contributed by atoms with van der Waals surface area (Å²) in [6, 6.07) is -0.259. The summed E-state index contributed by atoms with van der Waals surface area (Å²) in [6.45, 7) is 6.10. The van der Waals surface area contributed by atoms with E-state index in [0.29, 0.717) is 12.4 Å². The fourth-order valence-electron chi connectivity index (χ4n) is 1.27. The Kier molecular flexibility index (Phi) is 3.54. The highest BCUT2D eigenvalue weighted by atomic mass is 16.2. The van der Waals surface area contributed by atoms with E-state index in [2.05, 4.69) is 15.7 Å². The molecule has 6 heteroatoms. The standard InChI is InChI=1S/C10H19N5O/c1-10(2,3)14-9(16)13-8-7(5-11)6-12-15(8)4/h6H,5,11H2,1-4H3,(H2,13,14,16). The number of hydrogen-bond donors (Lipinski definition) is 3. The molecule has 16 heavy (non-hydrogen) atoms. The first-order chi connectivity index (χ1) is 7.33. The molecule has 90 valence electrons. The summed E-state index contributed by atoms with van der Waals surface area (Å²) in [5.74, 6) is 0.629. The SMILES string of the molecule is Cn1ncc(CN)c1NC(=O)NC(C)(C)C. The van der Waals surface area contributed by atoms with E-state index < -0.39 is 0 Å². The smallest absolute Gasteiger partial charge is 0.320 e. The molecule has 1 aromatic heterocycles. The lowest BCUT2D eigenvalue weighted by atomic mass is 10.1. The molecule has 1 heterocycles. The van der Waals surface area contributed by atoms with Crippen molar-refractivity contribution in [2.24, 2.45) is 12.8 Å². The largest absolute Gasteiger partial charge is 0.333 e. The highest BCUT2D eigenvalue weighted by molar-refractivity contribution is 5.89. The molecule has 0 bridgehead atoms. The predicted octanol–water partition coefficient (Wildman–Crippen LogP) is 0.799. The number of rotatable bonds is 2. The van der Waals surface area contributed by atoms with Crippen LogP contribution in [0.1, 0.15) is 26.3 Å². The molecule has 0 radical (unpaired) electrons. The van der Waals surface area contributed by atoms with Crippen LogP contribution in [0, 0.1) is 0 Å². The van der Waals surface area contributed by atoms with Crippen LogP contribution in [0.3, 0.4) is 0 Å². The molecule has 0 aliphatic rings. The van der Waals surface area contributed by atoms with E-state index in [1.165, 1.54) is 0 Å². The number of nitrogens with two attached hydrogens (primary N) is 1. The number of amides is 2. The molecule has 2 amide bonds. The Morgan fingerprint density at radius 1 is 1.56 bits per heavy atom. The van der Waals surface area contributed by atoms with Crippen molar-refractivity contribution in [1.82, 2.24) is 15.1 Å². The van der Waals surface area contributed by atoms with Crippen molar-refractivity contribution in [3.63, 3.8) is 0 Å². The van der Waals surface area contributed by atoms with Crippen molar-refractivity contribution in [3.8, 4) is 0 Å². The maximum atomic E-state index is 11.6. The number of carbonyl (C=O) groups is 1. The summed E-state index contributed by atoms with van der Waals surface area (Å²) in [6.07, 6.45) is 1.65. The van der Waals surface area contributed by atoms with E-state index in [4.69, 9.17) is 5.73 Å². The molecule has 1 aromatic rings. The summed E-state index contributed by atoms with van der Waals surface area (Å²) in [5, 5.41) is 9.57. The van der Waals surface area contributed by atoms with Gasteiger partial charge < -0.3 is 11.1 Å². The molecule has 1 rings (SSSR count). The number of urea groups is 1. The van der Waals surface area contributed by atoms with E-state index in [9.17, 15) is 4.79 Å². The zero-order chi connectivity index (χ0) is 12.3. The zero-order valence-corrected chi connectivity index (χ0v) is 10.2. The second-order valence-corrected chi connectivity index (χ2v) is 4.68. The normalized spacial score (nSPS) is 11.3.